The lowest BCUT2D eigenvalue weighted by Gasteiger charge is -2.11. The molecular formula is C21H17N5O2. The molecule has 0 fully saturated rings. The van der Waals surface area contributed by atoms with E-state index < -0.39 is 5.91 Å². The maximum Gasteiger partial charge on any atom is 0.292 e. The summed E-state index contributed by atoms with van der Waals surface area (Å²) < 4.78 is 6.83. The molecule has 0 atom stereocenters. The van der Waals surface area contributed by atoms with Gasteiger partial charge in [0, 0.05) is 5.39 Å². The average molecular weight is 371 g/mol. The van der Waals surface area contributed by atoms with Crippen LogP contribution in [0.3, 0.4) is 0 Å². The van der Waals surface area contributed by atoms with E-state index in [1.807, 2.05) is 38.1 Å². The van der Waals surface area contributed by atoms with Gasteiger partial charge in [-0.2, -0.15) is 15.0 Å². The smallest absolute Gasteiger partial charge is 0.292 e. The Balaban J connectivity index is 1.82. The normalized spacial score (nSPS) is 10.8. The third-order valence-corrected chi connectivity index (χ3v) is 4.54. The van der Waals surface area contributed by atoms with E-state index in [-0.39, 0.29) is 17.1 Å². The van der Waals surface area contributed by atoms with Gasteiger partial charge in [-0.05, 0) is 50.1 Å². The molecule has 0 aliphatic rings. The minimum Gasteiger partial charge on any atom is -0.456 e. The van der Waals surface area contributed by atoms with E-state index in [1.165, 1.54) is 10.9 Å². The Morgan fingerprint density at radius 3 is 2.71 bits per heavy atom. The topological polar surface area (TPSA) is 96.7 Å². The number of rotatable bonds is 3. The number of aryl methyl sites for hydroxylation is 3. The maximum atomic E-state index is 12.5. The molecule has 4 rings (SSSR count). The highest BCUT2D eigenvalue weighted by atomic mass is 16.3. The Labute approximate surface area is 161 Å². The van der Waals surface area contributed by atoms with Crippen LogP contribution in [0.5, 0.6) is 0 Å². The number of carbonyl (C=O) groups is 1. The molecule has 4 aromatic rings. The molecule has 1 amide bonds. The number of benzene rings is 1. The Hall–Kier alpha value is -3.92. The molecule has 7 nitrogen and oxygen atoms in total. The summed E-state index contributed by atoms with van der Waals surface area (Å²) in [5.41, 5.74) is 3.15. The Kier molecular flexibility index (Phi) is 4.17. The second-order valence-corrected chi connectivity index (χ2v) is 6.56. The van der Waals surface area contributed by atoms with Crippen molar-refractivity contribution in [2.24, 2.45) is 0 Å². The van der Waals surface area contributed by atoms with Crippen LogP contribution in [0.15, 0.2) is 47.0 Å². The molecule has 1 aromatic carbocycles. The summed E-state index contributed by atoms with van der Waals surface area (Å²) >= 11 is 0. The number of pyridine rings is 1. The molecule has 28 heavy (non-hydrogen) atoms. The number of nitrogens with one attached hydrogen (secondary N) is 1. The van der Waals surface area contributed by atoms with E-state index in [0.717, 1.165) is 22.0 Å². The highest BCUT2D eigenvalue weighted by Gasteiger charge is 2.19. The first-order valence-corrected chi connectivity index (χ1v) is 8.71. The van der Waals surface area contributed by atoms with Gasteiger partial charge in [-0.25, -0.2) is 4.98 Å². The van der Waals surface area contributed by atoms with Crippen LogP contribution in [-0.4, -0.2) is 20.7 Å². The van der Waals surface area contributed by atoms with Gasteiger partial charge >= 0.3 is 0 Å². The van der Waals surface area contributed by atoms with Gasteiger partial charge in [0.1, 0.15) is 17.4 Å². The minimum atomic E-state index is -0.458. The third-order valence-electron chi connectivity index (χ3n) is 4.54. The molecule has 0 spiro atoms. The van der Waals surface area contributed by atoms with Gasteiger partial charge in [0.25, 0.3) is 5.91 Å². The molecule has 0 saturated carbocycles. The van der Waals surface area contributed by atoms with E-state index in [9.17, 15) is 10.1 Å². The van der Waals surface area contributed by atoms with Crippen molar-refractivity contribution < 1.29 is 9.21 Å². The van der Waals surface area contributed by atoms with Crippen LogP contribution in [0.25, 0.3) is 16.7 Å². The van der Waals surface area contributed by atoms with E-state index in [0.29, 0.717) is 11.6 Å². The largest absolute Gasteiger partial charge is 0.456 e. The molecule has 3 heterocycles. The van der Waals surface area contributed by atoms with E-state index >= 15 is 0 Å². The van der Waals surface area contributed by atoms with Gasteiger partial charge in [0.2, 0.25) is 0 Å². The van der Waals surface area contributed by atoms with Crippen molar-refractivity contribution in [1.82, 2.24) is 14.8 Å². The van der Waals surface area contributed by atoms with Gasteiger partial charge < -0.3 is 9.73 Å². The summed E-state index contributed by atoms with van der Waals surface area (Å²) in [6.45, 7) is 5.74. The Bertz CT molecular complexity index is 1260. The predicted molar refractivity (Wildman–Crippen MR) is 104 cm³/mol. The molecule has 7 heteroatoms. The fourth-order valence-electron chi connectivity index (χ4n) is 3.10. The van der Waals surface area contributed by atoms with Gasteiger partial charge in [-0.1, -0.05) is 18.2 Å². The molecular weight excluding hydrogens is 354 g/mol. The number of hydrogen-bond acceptors (Lipinski definition) is 5. The number of anilines is 1. The van der Waals surface area contributed by atoms with E-state index in [2.05, 4.69) is 16.5 Å². The average Bonchev–Trinajstić information content (AvgIpc) is 3.28. The number of fused-ring (bicyclic) bond motifs is 1. The molecule has 0 saturated heterocycles. The molecule has 3 aromatic heterocycles. The van der Waals surface area contributed by atoms with Crippen molar-refractivity contribution in [1.29, 1.82) is 5.26 Å². The highest BCUT2D eigenvalue weighted by molar-refractivity contribution is 6.02. The van der Waals surface area contributed by atoms with Crippen molar-refractivity contribution in [2.45, 2.75) is 20.8 Å². The van der Waals surface area contributed by atoms with Crippen LogP contribution >= 0.6 is 0 Å². The van der Waals surface area contributed by atoms with Crippen molar-refractivity contribution >= 4 is 22.6 Å². The quantitative estimate of drug-likeness (QED) is 0.586. The lowest BCUT2D eigenvalue weighted by Crippen LogP contribution is -2.16. The van der Waals surface area contributed by atoms with Gasteiger partial charge in [-0.3, -0.25) is 4.79 Å². The zero-order valence-corrected chi connectivity index (χ0v) is 15.6. The Morgan fingerprint density at radius 1 is 1.18 bits per heavy atom. The zero-order valence-electron chi connectivity index (χ0n) is 15.6. The summed E-state index contributed by atoms with van der Waals surface area (Å²) in [5.74, 6) is 1.10. The van der Waals surface area contributed by atoms with Crippen LogP contribution in [0, 0.1) is 32.1 Å². The molecule has 0 bridgehead atoms. The van der Waals surface area contributed by atoms with E-state index in [4.69, 9.17) is 9.40 Å². The zero-order chi connectivity index (χ0) is 19.8. The van der Waals surface area contributed by atoms with Crippen molar-refractivity contribution in [3.63, 3.8) is 0 Å². The third kappa shape index (κ3) is 2.91. The fraction of sp³-hybridized carbons (Fsp3) is 0.143. The van der Waals surface area contributed by atoms with Crippen LogP contribution in [0.2, 0.25) is 0 Å². The second kappa shape index (κ2) is 6.67. The summed E-state index contributed by atoms with van der Waals surface area (Å²) in [6, 6.07) is 13.2. The predicted octanol–water partition coefficient (Wildman–Crippen LogP) is 4.06. The number of furan rings is 1. The number of hydrogen-bond donors (Lipinski definition) is 1. The minimum absolute atomic E-state index is 0.160. The molecule has 0 unspecified atom stereocenters. The van der Waals surface area contributed by atoms with Crippen molar-refractivity contribution in [3.8, 4) is 11.9 Å². The SMILES string of the molecule is Cc1ccc(C(=O)Nc2c(C#N)cnn2-c2cc(C)c3cccc(C)c3n2)o1. The summed E-state index contributed by atoms with van der Waals surface area (Å²) in [5, 5.41) is 17.5. The second-order valence-electron chi connectivity index (χ2n) is 6.56. The van der Waals surface area contributed by atoms with Crippen molar-refractivity contribution in [2.75, 3.05) is 5.32 Å². The summed E-state index contributed by atoms with van der Waals surface area (Å²) in [7, 11) is 0. The fourth-order valence-corrected chi connectivity index (χ4v) is 3.10. The number of nitrogens with zero attached hydrogens (tertiary/aromatic N) is 4. The van der Waals surface area contributed by atoms with Crippen LogP contribution in [-0.2, 0) is 0 Å². The number of nitriles is 1. The lowest BCUT2D eigenvalue weighted by atomic mass is 10.1. The van der Waals surface area contributed by atoms with Crippen molar-refractivity contribution in [3.05, 3.63) is 70.8 Å². The maximum absolute atomic E-state index is 12.5. The molecule has 0 radical (unpaired) electrons. The van der Waals surface area contributed by atoms with E-state index in [1.54, 1.807) is 19.1 Å². The first-order valence-electron chi connectivity index (χ1n) is 8.71. The first kappa shape index (κ1) is 17.5. The Morgan fingerprint density at radius 2 is 2.00 bits per heavy atom. The number of amides is 1. The van der Waals surface area contributed by atoms with Gasteiger partial charge in [0.05, 0.1) is 11.7 Å². The molecule has 138 valence electrons. The van der Waals surface area contributed by atoms with Gasteiger partial charge in [-0.15, -0.1) is 0 Å². The standard InChI is InChI=1S/C21H17N5O2/c1-12-5-4-6-16-13(2)9-18(24-19(12)16)26-20(15(10-22)11-23-26)25-21(27)17-8-7-14(3)28-17/h4-9,11H,1-3H3,(H,25,27). The van der Waals surface area contributed by atoms with Gasteiger partial charge in [0.15, 0.2) is 17.4 Å². The molecule has 0 aliphatic carbocycles. The monoisotopic (exact) mass is 371 g/mol. The summed E-state index contributed by atoms with van der Waals surface area (Å²) in [6.07, 6.45) is 1.40. The van der Waals surface area contributed by atoms with Crippen LogP contribution < -0.4 is 5.32 Å². The summed E-state index contributed by atoms with van der Waals surface area (Å²) in [4.78, 5) is 17.2. The number of carbonyl (C=O) groups excluding carboxylic acids is 1. The van der Waals surface area contributed by atoms with Crippen LogP contribution in [0.1, 0.15) is 33.0 Å². The molecule has 1 N–H and O–H groups in total. The highest BCUT2D eigenvalue weighted by Crippen LogP contribution is 2.25. The number of para-hydroxylation sites is 1. The molecule has 0 aliphatic heterocycles. The first-order chi connectivity index (χ1) is 13.5. The van der Waals surface area contributed by atoms with Crippen LogP contribution in [0.4, 0.5) is 5.82 Å². The lowest BCUT2D eigenvalue weighted by molar-refractivity contribution is 0.0994. The number of aromatic nitrogens is 3.